The molecule has 0 heterocycles. The van der Waals surface area contributed by atoms with Crippen molar-refractivity contribution in [1.82, 2.24) is 0 Å². The Morgan fingerprint density at radius 3 is 2.72 bits per heavy atom. The molecule has 0 aliphatic rings. The fraction of sp³-hybridized carbons (Fsp3) is 0.462. The third kappa shape index (κ3) is 4.00. The van der Waals surface area contributed by atoms with E-state index in [-0.39, 0.29) is 18.9 Å². The number of unbranched alkanes of at least 4 members (excludes halogenated alkanes) is 1. The lowest BCUT2D eigenvalue weighted by Crippen LogP contribution is -2.35. The zero-order valence-electron chi connectivity index (χ0n) is 10.7. The largest absolute Gasteiger partial charge is 0.368 e. The summed E-state index contributed by atoms with van der Waals surface area (Å²) in [6.07, 6.45) is 1.95. The normalized spacial score (nSPS) is 10.4. The number of carbonyl (C=O) groups excluding carboxylic acids is 1. The topological polar surface area (TPSA) is 72.3 Å². The van der Waals surface area contributed by atoms with Gasteiger partial charge >= 0.3 is 0 Å². The van der Waals surface area contributed by atoms with E-state index < -0.39 is 5.91 Å². The lowest BCUT2D eigenvalue weighted by atomic mass is 10.1. The highest BCUT2D eigenvalue weighted by molar-refractivity contribution is 5.80. The van der Waals surface area contributed by atoms with E-state index in [9.17, 15) is 9.18 Å². The molecule has 0 spiro atoms. The molecular formula is C13H20FN3O. The van der Waals surface area contributed by atoms with Gasteiger partial charge in [-0.1, -0.05) is 13.3 Å². The third-order valence-corrected chi connectivity index (χ3v) is 2.73. The maximum absolute atomic E-state index is 13.1. The molecule has 1 aromatic carbocycles. The Labute approximate surface area is 107 Å². The summed E-state index contributed by atoms with van der Waals surface area (Å²) in [5.74, 6) is -0.730. The monoisotopic (exact) mass is 253 g/mol. The molecule has 0 aliphatic carbocycles. The van der Waals surface area contributed by atoms with Crippen LogP contribution in [0, 0.1) is 5.82 Å². The van der Waals surface area contributed by atoms with E-state index in [0.717, 1.165) is 18.5 Å². The van der Waals surface area contributed by atoms with Crippen LogP contribution in [-0.2, 0) is 11.3 Å². The SMILES string of the molecule is CCCCN(CC(N)=O)c1ccc(F)cc1CN. The molecule has 0 saturated carbocycles. The van der Waals surface area contributed by atoms with Gasteiger partial charge in [0.05, 0.1) is 6.54 Å². The second-order valence-electron chi connectivity index (χ2n) is 4.22. The maximum atomic E-state index is 13.1. The molecule has 0 aliphatic heterocycles. The Morgan fingerprint density at radius 1 is 1.44 bits per heavy atom. The van der Waals surface area contributed by atoms with Gasteiger partial charge < -0.3 is 16.4 Å². The van der Waals surface area contributed by atoms with E-state index >= 15 is 0 Å². The van der Waals surface area contributed by atoms with E-state index in [1.807, 2.05) is 4.90 Å². The van der Waals surface area contributed by atoms with Gasteiger partial charge in [-0.2, -0.15) is 0 Å². The number of primary amides is 1. The summed E-state index contributed by atoms with van der Waals surface area (Å²) in [6, 6.07) is 4.42. The average Bonchev–Trinajstić information content (AvgIpc) is 2.34. The minimum absolute atomic E-state index is 0.124. The Kier molecular flexibility index (Phi) is 5.58. The molecule has 0 saturated heterocycles. The summed E-state index contributed by atoms with van der Waals surface area (Å²) in [6.45, 7) is 3.13. The summed E-state index contributed by atoms with van der Waals surface area (Å²) in [5.41, 5.74) is 12.3. The molecule has 1 amide bonds. The number of rotatable bonds is 7. The first-order valence-corrected chi connectivity index (χ1v) is 6.10. The van der Waals surface area contributed by atoms with Crippen LogP contribution in [-0.4, -0.2) is 19.0 Å². The molecule has 18 heavy (non-hydrogen) atoms. The fourth-order valence-electron chi connectivity index (χ4n) is 1.85. The third-order valence-electron chi connectivity index (χ3n) is 2.73. The minimum atomic E-state index is -0.404. The van der Waals surface area contributed by atoms with Crippen molar-refractivity contribution in [2.45, 2.75) is 26.3 Å². The van der Waals surface area contributed by atoms with Crippen molar-refractivity contribution in [3.63, 3.8) is 0 Å². The van der Waals surface area contributed by atoms with Crippen LogP contribution in [0.4, 0.5) is 10.1 Å². The molecule has 0 radical (unpaired) electrons. The molecule has 100 valence electrons. The lowest BCUT2D eigenvalue weighted by Gasteiger charge is -2.25. The highest BCUT2D eigenvalue weighted by Crippen LogP contribution is 2.21. The van der Waals surface area contributed by atoms with Crippen molar-refractivity contribution in [2.24, 2.45) is 11.5 Å². The van der Waals surface area contributed by atoms with Crippen LogP contribution in [0.2, 0.25) is 0 Å². The summed E-state index contributed by atoms with van der Waals surface area (Å²) in [4.78, 5) is 12.9. The second kappa shape index (κ2) is 6.96. The van der Waals surface area contributed by atoms with Crippen LogP contribution < -0.4 is 16.4 Å². The Hall–Kier alpha value is -1.62. The highest BCUT2D eigenvalue weighted by Gasteiger charge is 2.13. The van der Waals surface area contributed by atoms with Crippen molar-refractivity contribution in [2.75, 3.05) is 18.0 Å². The van der Waals surface area contributed by atoms with Gasteiger partial charge in [-0.3, -0.25) is 4.79 Å². The number of hydrogen-bond acceptors (Lipinski definition) is 3. The minimum Gasteiger partial charge on any atom is -0.368 e. The number of nitrogens with zero attached hydrogens (tertiary/aromatic N) is 1. The van der Waals surface area contributed by atoms with Crippen LogP contribution in [0.3, 0.4) is 0 Å². The van der Waals surface area contributed by atoms with Gasteiger partial charge in [0.1, 0.15) is 5.82 Å². The molecule has 0 aromatic heterocycles. The summed E-state index contributed by atoms with van der Waals surface area (Å²) in [5, 5.41) is 0. The van der Waals surface area contributed by atoms with E-state index in [1.54, 1.807) is 6.07 Å². The fourth-order valence-corrected chi connectivity index (χ4v) is 1.85. The van der Waals surface area contributed by atoms with Crippen molar-refractivity contribution in [1.29, 1.82) is 0 Å². The number of amides is 1. The van der Waals surface area contributed by atoms with Gasteiger partial charge in [0.2, 0.25) is 5.91 Å². The number of carbonyl (C=O) groups is 1. The molecule has 0 atom stereocenters. The maximum Gasteiger partial charge on any atom is 0.236 e. The number of benzene rings is 1. The predicted molar refractivity (Wildman–Crippen MR) is 70.6 cm³/mol. The number of anilines is 1. The molecule has 4 N–H and O–H groups in total. The first kappa shape index (κ1) is 14.4. The Balaban J connectivity index is 2.98. The van der Waals surface area contributed by atoms with Crippen molar-refractivity contribution in [3.05, 3.63) is 29.6 Å². The first-order chi connectivity index (χ1) is 8.58. The molecule has 4 nitrogen and oxygen atoms in total. The molecule has 0 unspecified atom stereocenters. The smallest absolute Gasteiger partial charge is 0.236 e. The quantitative estimate of drug-likeness (QED) is 0.771. The molecule has 5 heteroatoms. The van der Waals surface area contributed by atoms with Crippen molar-refractivity contribution in [3.8, 4) is 0 Å². The lowest BCUT2D eigenvalue weighted by molar-refractivity contribution is -0.116. The molecule has 1 rings (SSSR count). The Bertz CT molecular complexity index is 409. The standard InChI is InChI=1S/C13H20FN3O/c1-2-3-6-17(9-13(16)18)12-5-4-11(14)7-10(12)8-15/h4-5,7H,2-3,6,8-9,15H2,1H3,(H2,16,18). The van der Waals surface area contributed by atoms with Gasteiger partial charge in [-0.15, -0.1) is 0 Å². The number of halogens is 1. The van der Waals surface area contributed by atoms with Crippen LogP contribution in [0.15, 0.2) is 18.2 Å². The molecule has 0 bridgehead atoms. The summed E-state index contributed by atoms with van der Waals surface area (Å²) in [7, 11) is 0. The van der Waals surface area contributed by atoms with Crippen LogP contribution in [0.5, 0.6) is 0 Å². The molecule has 0 fully saturated rings. The first-order valence-electron chi connectivity index (χ1n) is 6.10. The summed E-state index contributed by atoms with van der Waals surface area (Å²) < 4.78 is 13.1. The van der Waals surface area contributed by atoms with Gasteiger partial charge in [0, 0.05) is 18.8 Å². The van der Waals surface area contributed by atoms with Crippen LogP contribution in [0.25, 0.3) is 0 Å². The highest BCUT2D eigenvalue weighted by atomic mass is 19.1. The van der Waals surface area contributed by atoms with Gasteiger partial charge in [0.25, 0.3) is 0 Å². The van der Waals surface area contributed by atoms with Gasteiger partial charge in [0.15, 0.2) is 0 Å². The van der Waals surface area contributed by atoms with E-state index in [4.69, 9.17) is 11.5 Å². The Morgan fingerprint density at radius 2 is 2.17 bits per heavy atom. The van der Waals surface area contributed by atoms with Crippen molar-refractivity contribution < 1.29 is 9.18 Å². The predicted octanol–water partition coefficient (Wildman–Crippen LogP) is 1.38. The van der Waals surface area contributed by atoms with Gasteiger partial charge in [-0.05, 0) is 30.2 Å². The molecular weight excluding hydrogens is 233 g/mol. The van der Waals surface area contributed by atoms with E-state index in [2.05, 4.69) is 6.92 Å². The van der Waals surface area contributed by atoms with Gasteiger partial charge in [-0.25, -0.2) is 4.39 Å². The van der Waals surface area contributed by atoms with Crippen molar-refractivity contribution >= 4 is 11.6 Å². The number of nitrogens with two attached hydrogens (primary N) is 2. The summed E-state index contributed by atoms with van der Waals surface area (Å²) >= 11 is 0. The van der Waals surface area contributed by atoms with E-state index in [0.29, 0.717) is 12.1 Å². The molecule has 1 aromatic rings. The second-order valence-corrected chi connectivity index (χ2v) is 4.22. The number of hydrogen-bond donors (Lipinski definition) is 2. The van der Waals surface area contributed by atoms with Crippen LogP contribution >= 0.6 is 0 Å². The zero-order chi connectivity index (χ0) is 13.5. The zero-order valence-corrected chi connectivity index (χ0v) is 10.7. The van der Waals surface area contributed by atoms with E-state index in [1.165, 1.54) is 12.1 Å². The van der Waals surface area contributed by atoms with Crippen LogP contribution in [0.1, 0.15) is 25.3 Å². The average molecular weight is 253 g/mol.